The molecule has 1 heterocycles. The van der Waals surface area contributed by atoms with Crippen molar-refractivity contribution in [3.8, 4) is 11.8 Å². The Morgan fingerprint density at radius 1 is 1.50 bits per heavy atom. The Kier molecular flexibility index (Phi) is 3.73. The van der Waals surface area contributed by atoms with Crippen LogP contribution in [0, 0.1) is 17.2 Å². The van der Waals surface area contributed by atoms with Crippen molar-refractivity contribution in [3.63, 3.8) is 0 Å². The van der Waals surface area contributed by atoms with Gasteiger partial charge in [0.2, 0.25) is 0 Å². The third-order valence-electron chi connectivity index (χ3n) is 3.64. The normalized spacial score (nSPS) is 23.6. The number of rotatable bonds is 2. The number of nitrogens with zero attached hydrogens (tertiary/aromatic N) is 2. The zero-order valence-corrected chi connectivity index (χ0v) is 10.9. The van der Waals surface area contributed by atoms with E-state index in [-0.39, 0.29) is 6.04 Å². The molecule has 1 saturated heterocycles. The lowest BCUT2D eigenvalue weighted by molar-refractivity contribution is 0.381. The monoisotopic (exact) mass is 245 g/mol. The van der Waals surface area contributed by atoms with Crippen molar-refractivity contribution in [2.75, 3.05) is 25.1 Å². The van der Waals surface area contributed by atoms with Crippen LogP contribution in [0.3, 0.4) is 0 Å². The van der Waals surface area contributed by atoms with Crippen LogP contribution in [0.4, 0.5) is 5.69 Å². The van der Waals surface area contributed by atoms with E-state index in [1.807, 2.05) is 18.2 Å². The van der Waals surface area contributed by atoms with Gasteiger partial charge in [-0.05, 0) is 24.5 Å². The Hall–Kier alpha value is -1.73. The van der Waals surface area contributed by atoms with E-state index < -0.39 is 0 Å². The fourth-order valence-electron chi connectivity index (χ4n) is 2.38. The third kappa shape index (κ3) is 2.41. The smallest absolute Gasteiger partial charge is 0.121 e. The number of nitrogens with two attached hydrogens (primary N) is 1. The lowest BCUT2D eigenvalue weighted by atomic mass is 9.94. The Labute approximate surface area is 108 Å². The van der Waals surface area contributed by atoms with E-state index >= 15 is 0 Å². The van der Waals surface area contributed by atoms with Crippen LogP contribution >= 0.6 is 0 Å². The van der Waals surface area contributed by atoms with Crippen molar-refractivity contribution in [3.05, 3.63) is 23.8 Å². The predicted molar refractivity (Wildman–Crippen MR) is 71.7 cm³/mol. The Morgan fingerprint density at radius 2 is 2.28 bits per heavy atom. The van der Waals surface area contributed by atoms with Gasteiger partial charge in [0.1, 0.15) is 11.8 Å². The van der Waals surface area contributed by atoms with E-state index in [9.17, 15) is 5.26 Å². The van der Waals surface area contributed by atoms with Crippen LogP contribution in [-0.2, 0) is 0 Å². The number of piperidine rings is 1. The Bertz CT molecular complexity index is 467. The average molecular weight is 245 g/mol. The molecule has 1 fully saturated rings. The van der Waals surface area contributed by atoms with Gasteiger partial charge in [0.25, 0.3) is 0 Å². The topological polar surface area (TPSA) is 62.3 Å². The molecule has 2 atom stereocenters. The van der Waals surface area contributed by atoms with Gasteiger partial charge in [0.05, 0.1) is 18.4 Å². The largest absolute Gasteiger partial charge is 0.497 e. The summed E-state index contributed by atoms with van der Waals surface area (Å²) in [6, 6.07) is 8.07. The number of ether oxygens (including phenoxy) is 1. The summed E-state index contributed by atoms with van der Waals surface area (Å²) in [4.78, 5) is 2.23. The number of nitriles is 1. The van der Waals surface area contributed by atoms with Crippen molar-refractivity contribution in [1.82, 2.24) is 0 Å². The maximum Gasteiger partial charge on any atom is 0.121 e. The fourth-order valence-corrected chi connectivity index (χ4v) is 2.38. The minimum Gasteiger partial charge on any atom is -0.497 e. The summed E-state index contributed by atoms with van der Waals surface area (Å²) in [5.41, 5.74) is 7.68. The Balaban J connectivity index is 2.29. The van der Waals surface area contributed by atoms with Gasteiger partial charge in [-0.1, -0.05) is 6.92 Å². The first-order chi connectivity index (χ1) is 8.65. The maximum atomic E-state index is 9.19. The van der Waals surface area contributed by atoms with Crippen LogP contribution in [-0.4, -0.2) is 26.2 Å². The number of anilines is 1. The molecule has 1 aliphatic heterocycles. The van der Waals surface area contributed by atoms with E-state index in [4.69, 9.17) is 10.5 Å². The minimum atomic E-state index is 0.261. The second-order valence-electron chi connectivity index (χ2n) is 4.87. The van der Waals surface area contributed by atoms with Crippen molar-refractivity contribution in [2.45, 2.75) is 19.4 Å². The minimum absolute atomic E-state index is 0.261. The Morgan fingerprint density at radius 3 is 2.89 bits per heavy atom. The molecule has 0 spiro atoms. The molecular weight excluding hydrogens is 226 g/mol. The summed E-state index contributed by atoms with van der Waals surface area (Å²) in [5.74, 6) is 1.23. The molecule has 0 saturated carbocycles. The third-order valence-corrected chi connectivity index (χ3v) is 3.64. The van der Waals surface area contributed by atoms with E-state index in [2.05, 4.69) is 17.9 Å². The molecule has 2 rings (SSSR count). The summed E-state index contributed by atoms with van der Waals surface area (Å²) >= 11 is 0. The van der Waals surface area contributed by atoms with Crippen molar-refractivity contribution in [2.24, 2.45) is 11.7 Å². The predicted octanol–water partition coefficient (Wildman–Crippen LogP) is 1.74. The highest BCUT2D eigenvalue weighted by atomic mass is 16.5. The molecule has 0 aliphatic carbocycles. The van der Waals surface area contributed by atoms with Crippen LogP contribution in [0.2, 0.25) is 0 Å². The van der Waals surface area contributed by atoms with Gasteiger partial charge in [-0.25, -0.2) is 0 Å². The first kappa shape index (κ1) is 12.7. The van der Waals surface area contributed by atoms with Crippen LogP contribution < -0.4 is 15.4 Å². The zero-order chi connectivity index (χ0) is 13.1. The summed E-state index contributed by atoms with van der Waals surface area (Å²) in [6.45, 7) is 3.94. The van der Waals surface area contributed by atoms with Gasteiger partial charge < -0.3 is 15.4 Å². The molecule has 96 valence electrons. The van der Waals surface area contributed by atoms with Gasteiger partial charge in [-0.3, -0.25) is 0 Å². The van der Waals surface area contributed by atoms with Gasteiger partial charge in [0, 0.05) is 25.2 Å². The highest BCUT2D eigenvalue weighted by Gasteiger charge is 2.24. The van der Waals surface area contributed by atoms with Crippen molar-refractivity contribution in [1.29, 1.82) is 5.26 Å². The molecule has 0 aromatic heterocycles. The molecule has 0 amide bonds. The quantitative estimate of drug-likeness (QED) is 0.862. The van der Waals surface area contributed by atoms with Gasteiger partial charge in [0.15, 0.2) is 0 Å². The average Bonchev–Trinajstić information content (AvgIpc) is 2.41. The van der Waals surface area contributed by atoms with Crippen molar-refractivity contribution < 1.29 is 4.74 Å². The highest BCUT2D eigenvalue weighted by molar-refractivity contribution is 5.62. The molecule has 2 N–H and O–H groups in total. The number of benzene rings is 1. The standard InChI is InChI=1S/C14H19N3O/c1-10-9-17(6-5-13(10)16)14-7-12(18-2)4-3-11(14)8-15/h3-4,7,10,13H,5-6,9,16H2,1-2H3. The van der Waals surface area contributed by atoms with E-state index in [0.717, 1.165) is 30.9 Å². The van der Waals surface area contributed by atoms with Gasteiger partial charge in [-0.15, -0.1) is 0 Å². The molecule has 0 bridgehead atoms. The highest BCUT2D eigenvalue weighted by Crippen LogP contribution is 2.29. The van der Waals surface area contributed by atoms with Crippen LogP contribution in [0.25, 0.3) is 0 Å². The summed E-state index contributed by atoms with van der Waals surface area (Å²) < 4.78 is 5.23. The zero-order valence-electron chi connectivity index (χ0n) is 10.9. The number of methoxy groups -OCH3 is 1. The number of hydrogen-bond donors (Lipinski definition) is 1. The molecule has 2 unspecified atom stereocenters. The molecule has 4 heteroatoms. The van der Waals surface area contributed by atoms with E-state index in [1.54, 1.807) is 7.11 Å². The van der Waals surface area contributed by atoms with Gasteiger partial charge >= 0.3 is 0 Å². The molecule has 4 nitrogen and oxygen atoms in total. The first-order valence-electron chi connectivity index (χ1n) is 6.24. The van der Waals surface area contributed by atoms with Gasteiger partial charge in [-0.2, -0.15) is 5.26 Å². The lowest BCUT2D eigenvalue weighted by Gasteiger charge is -2.37. The SMILES string of the molecule is COc1ccc(C#N)c(N2CCC(N)C(C)C2)c1. The summed E-state index contributed by atoms with van der Waals surface area (Å²) in [7, 11) is 1.64. The van der Waals surface area contributed by atoms with Crippen molar-refractivity contribution >= 4 is 5.69 Å². The molecule has 1 aliphatic rings. The number of hydrogen-bond acceptors (Lipinski definition) is 4. The molecule has 1 aromatic carbocycles. The maximum absolute atomic E-state index is 9.19. The summed E-state index contributed by atoms with van der Waals surface area (Å²) in [5, 5.41) is 9.19. The van der Waals surface area contributed by atoms with E-state index in [0.29, 0.717) is 11.5 Å². The fraction of sp³-hybridized carbons (Fsp3) is 0.500. The first-order valence-corrected chi connectivity index (χ1v) is 6.24. The molecule has 18 heavy (non-hydrogen) atoms. The lowest BCUT2D eigenvalue weighted by Crippen LogP contribution is -2.46. The molecule has 0 radical (unpaired) electrons. The van der Waals surface area contributed by atoms with E-state index in [1.165, 1.54) is 0 Å². The van der Waals surface area contributed by atoms with Crippen LogP contribution in [0.5, 0.6) is 5.75 Å². The van der Waals surface area contributed by atoms with Crippen LogP contribution in [0.1, 0.15) is 18.9 Å². The molecular formula is C14H19N3O. The summed E-state index contributed by atoms with van der Waals surface area (Å²) in [6.07, 6.45) is 0.962. The van der Waals surface area contributed by atoms with Crippen LogP contribution in [0.15, 0.2) is 18.2 Å². The molecule has 1 aromatic rings. The second-order valence-corrected chi connectivity index (χ2v) is 4.87. The second kappa shape index (κ2) is 5.28.